The van der Waals surface area contributed by atoms with Gasteiger partial charge in [-0.2, -0.15) is 0 Å². The van der Waals surface area contributed by atoms with Gasteiger partial charge >= 0.3 is 0 Å². The van der Waals surface area contributed by atoms with Crippen LogP contribution in [0.2, 0.25) is 10.0 Å². The number of halogens is 2. The van der Waals surface area contributed by atoms with Gasteiger partial charge in [-0.25, -0.2) is 0 Å². The number of hydrogen-bond acceptors (Lipinski definition) is 1. The Morgan fingerprint density at radius 1 is 1.29 bits per heavy atom. The van der Waals surface area contributed by atoms with Crippen LogP contribution in [0.3, 0.4) is 0 Å². The minimum absolute atomic E-state index is 0.495. The van der Waals surface area contributed by atoms with Crippen LogP contribution in [0.25, 0.3) is 0 Å². The fourth-order valence-electron chi connectivity index (χ4n) is 3.16. The Hall–Kier alpha value is -0.960. The van der Waals surface area contributed by atoms with Gasteiger partial charge < -0.3 is 9.88 Å². The van der Waals surface area contributed by atoms with Crippen LogP contribution in [-0.2, 0) is 13.0 Å². The third-order valence-corrected chi connectivity index (χ3v) is 4.73. The summed E-state index contributed by atoms with van der Waals surface area (Å²) in [7, 11) is 0. The molecular formula is C17H20Cl2N2. The molecule has 1 aromatic carbocycles. The van der Waals surface area contributed by atoms with Crippen molar-refractivity contribution in [1.82, 2.24) is 9.88 Å². The van der Waals surface area contributed by atoms with E-state index in [4.69, 9.17) is 23.2 Å². The summed E-state index contributed by atoms with van der Waals surface area (Å²) in [6, 6.07) is 6.14. The second-order valence-corrected chi connectivity index (χ2v) is 6.49. The number of nitrogens with zero attached hydrogens (tertiary/aromatic N) is 1. The van der Waals surface area contributed by atoms with Crippen molar-refractivity contribution in [2.45, 2.75) is 38.8 Å². The van der Waals surface area contributed by atoms with Gasteiger partial charge in [0.25, 0.3) is 0 Å². The fourth-order valence-corrected chi connectivity index (χ4v) is 3.53. The predicted molar refractivity (Wildman–Crippen MR) is 89.4 cm³/mol. The lowest BCUT2D eigenvalue weighted by Crippen LogP contribution is -2.23. The van der Waals surface area contributed by atoms with E-state index in [1.165, 1.54) is 30.4 Å². The summed E-state index contributed by atoms with van der Waals surface area (Å²) in [5, 5.41) is 5.08. The summed E-state index contributed by atoms with van der Waals surface area (Å²) >= 11 is 12.3. The lowest BCUT2D eigenvalue weighted by Gasteiger charge is -2.22. The molecule has 0 amide bonds. The zero-order chi connectivity index (χ0) is 14.8. The summed E-state index contributed by atoms with van der Waals surface area (Å²) in [5.41, 5.74) is 3.98. The molecule has 1 atom stereocenters. The van der Waals surface area contributed by atoms with Crippen molar-refractivity contribution < 1.29 is 0 Å². The maximum atomic E-state index is 6.27. The van der Waals surface area contributed by atoms with Crippen molar-refractivity contribution >= 4 is 23.2 Å². The van der Waals surface area contributed by atoms with E-state index in [0.717, 1.165) is 28.7 Å². The summed E-state index contributed by atoms with van der Waals surface area (Å²) in [4.78, 5) is 0. The summed E-state index contributed by atoms with van der Waals surface area (Å²) in [6.07, 6.45) is 8.18. The van der Waals surface area contributed by atoms with E-state index in [-0.39, 0.29) is 0 Å². The maximum absolute atomic E-state index is 6.27. The summed E-state index contributed by atoms with van der Waals surface area (Å²) in [5.74, 6) is 0. The molecule has 4 heteroatoms. The Labute approximate surface area is 136 Å². The van der Waals surface area contributed by atoms with Gasteiger partial charge in [0.05, 0.1) is 0 Å². The van der Waals surface area contributed by atoms with Crippen molar-refractivity contribution in [2.75, 3.05) is 6.54 Å². The van der Waals surface area contributed by atoms with E-state index in [0.29, 0.717) is 6.04 Å². The molecule has 0 saturated heterocycles. The molecule has 0 saturated carbocycles. The van der Waals surface area contributed by atoms with Crippen molar-refractivity contribution in [2.24, 2.45) is 0 Å². The molecule has 3 rings (SSSR count). The van der Waals surface area contributed by atoms with Crippen LogP contribution in [-0.4, -0.2) is 11.1 Å². The van der Waals surface area contributed by atoms with Gasteiger partial charge in [-0.15, -0.1) is 0 Å². The molecule has 2 aromatic rings. The molecule has 1 heterocycles. The molecule has 0 spiro atoms. The number of nitrogens with one attached hydrogen (secondary N) is 1. The minimum Gasteiger partial charge on any atom is -0.349 e. The summed E-state index contributed by atoms with van der Waals surface area (Å²) in [6.45, 7) is 3.94. The number of fused-ring (bicyclic) bond motifs is 1. The standard InChI is InChI=1S/C17H20Cl2N2/c1-2-20-17-5-3-4-12-9-21(11-15(12)17)10-13-8-14(18)6-7-16(13)19/h6-9,11,17,20H,2-5,10H2,1H3. The van der Waals surface area contributed by atoms with Gasteiger partial charge in [0.2, 0.25) is 0 Å². The Kier molecular flexibility index (Phi) is 4.58. The number of benzene rings is 1. The van der Waals surface area contributed by atoms with Crippen LogP contribution in [0, 0.1) is 0 Å². The first-order valence-electron chi connectivity index (χ1n) is 7.53. The zero-order valence-electron chi connectivity index (χ0n) is 12.2. The Balaban J connectivity index is 1.86. The number of rotatable bonds is 4. The van der Waals surface area contributed by atoms with Crippen LogP contribution in [0.4, 0.5) is 0 Å². The first kappa shape index (κ1) is 15.0. The van der Waals surface area contributed by atoms with Crippen molar-refractivity contribution in [3.05, 3.63) is 57.3 Å². The highest BCUT2D eigenvalue weighted by atomic mass is 35.5. The van der Waals surface area contributed by atoms with Gasteiger partial charge in [0.1, 0.15) is 0 Å². The van der Waals surface area contributed by atoms with Crippen LogP contribution in [0.1, 0.15) is 42.5 Å². The third kappa shape index (κ3) is 3.28. The van der Waals surface area contributed by atoms with Gasteiger partial charge in [-0.05, 0) is 60.7 Å². The Bertz CT molecular complexity index is 634. The Morgan fingerprint density at radius 3 is 2.95 bits per heavy atom. The molecular weight excluding hydrogens is 303 g/mol. The average Bonchev–Trinajstić information content (AvgIpc) is 2.87. The molecule has 1 aliphatic rings. The molecule has 0 fully saturated rings. The largest absolute Gasteiger partial charge is 0.349 e. The Morgan fingerprint density at radius 2 is 2.14 bits per heavy atom. The van der Waals surface area contributed by atoms with Crippen molar-refractivity contribution in [3.63, 3.8) is 0 Å². The van der Waals surface area contributed by atoms with Crippen LogP contribution in [0.15, 0.2) is 30.6 Å². The SMILES string of the molecule is CCNC1CCCc2cn(Cc3cc(Cl)ccc3Cl)cc21. The van der Waals surface area contributed by atoms with Gasteiger partial charge in [0, 0.05) is 35.0 Å². The first-order chi connectivity index (χ1) is 10.2. The van der Waals surface area contributed by atoms with Gasteiger partial charge in [-0.1, -0.05) is 30.1 Å². The van der Waals surface area contributed by atoms with E-state index < -0.39 is 0 Å². The van der Waals surface area contributed by atoms with Gasteiger partial charge in [-0.3, -0.25) is 0 Å². The zero-order valence-corrected chi connectivity index (χ0v) is 13.7. The van der Waals surface area contributed by atoms with E-state index >= 15 is 0 Å². The molecule has 1 N–H and O–H groups in total. The number of hydrogen-bond donors (Lipinski definition) is 1. The minimum atomic E-state index is 0.495. The quantitative estimate of drug-likeness (QED) is 0.853. The second kappa shape index (κ2) is 6.43. The fraction of sp³-hybridized carbons (Fsp3) is 0.412. The van der Waals surface area contributed by atoms with Crippen molar-refractivity contribution in [1.29, 1.82) is 0 Å². The highest BCUT2D eigenvalue weighted by Gasteiger charge is 2.21. The highest BCUT2D eigenvalue weighted by molar-refractivity contribution is 6.33. The average molecular weight is 323 g/mol. The first-order valence-corrected chi connectivity index (χ1v) is 8.29. The molecule has 1 aliphatic carbocycles. The van der Waals surface area contributed by atoms with E-state index in [1.807, 2.05) is 18.2 Å². The molecule has 2 nitrogen and oxygen atoms in total. The second-order valence-electron chi connectivity index (χ2n) is 5.65. The molecule has 112 valence electrons. The smallest absolute Gasteiger partial charge is 0.0485 e. The lowest BCUT2D eigenvalue weighted by atomic mass is 9.91. The van der Waals surface area contributed by atoms with E-state index in [9.17, 15) is 0 Å². The van der Waals surface area contributed by atoms with E-state index in [2.05, 4.69) is 29.2 Å². The number of aromatic nitrogens is 1. The topological polar surface area (TPSA) is 17.0 Å². The van der Waals surface area contributed by atoms with Crippen molar-refractivity contribution in [3.8, 4) is 0 Å². The highest BCUT2D eigenvalue weighted by Crippen LogP contribution is 2.31. The molecule has 21 heavy (non-hydrogen) atoms. The monoisotopic (exact) mass is 322 g/mol. The molecule has 1 unspecified atom stereocenters. The lowest BCUT2D eigenvalue weighted by molar-refractivity contribution is 0.473. The third-order valence-electron chi connectivity index (χ3n) is 4.12. The predicted octanol–water partition coefficient (Wildman–Crippen LogP) is 4.83. The molecule has 0 radical (unpaired) electrons. The molecule has 1 aromatic heterocycles. The van der Waals surface area contributed by atoms with Gasteiger partial charge in [0.15, 0.2) is 0 Å². The van der Waals surface area contributed by atoms with Crippen LogP contribution < -0.4 is 5.32 Å². The molecule has 0 bridgehead atoms. The van der Waals surface area contributed by atoms with Crippen LogP contribution >= 0.6 is 23.2 Å². The molecule has 0 aliphatic heterocycles. The van der Waals surface area contributed by atoms with E-state index in [1.54, 1.807) is 0 Å². The maximum Gasteiger partial charge on any atom is 0.0485 e. The normalized spacial score (nSPS) is 17.8. The number of aryl methyl sites for hydroxylation is 1. The van der Waals surface area contributed by atoms with Crippen LogP contribution in [0.5, 0.6) is 0 Å². The summed E-state index contributed by atoms with van der Waals surface area (Å²) < 4.78 is 2.23.